The second-order valence-electron chi connectivity index (χ2n) is 6.97. The van der Waals surface area contributed by atoms with E-state index in [4.69, 9.17) is 4.42 Å². The average Bonchev–Trinajstić information content (AvgIpc) is 2.65. The molecule has 18 heavy (non-hydrogen) atoms. The SMILES string of the molecule is CC(C)(C)C1CCCC(O)(Cc2ccco2)CC1. The zero-order chi connectivity index (χ0) is 13.2. The van der Waals surface area contributed by atoms with Crippen molar-refractivity contribution >= 4 is 0 Å². The molecule has 1 aliphatic rings. The molecule has 1 aromatic heterocycles. The van der Waals surface area contributed by atoms with Crippen LogP contribution < -0.4 is 0 Å². The monoisotopic (exact) mass is 250 g/mol. The maximum atomic E-state index is 10.7. The van der Waals surface area contributed by atoms with Crippen LogP contribution in [-0.2, 0) is 6.42 Å². The lowest BCUT2D eigenvalue weighted by molar-refractivity contribution is 0.0180. The minimum atomic E-state index is -0.558. The van der Waals surface area contributed by atoms with Gasteiger partial charge in [-0.05, 0) is 49.1 Å². The molecule has 2 rings (SSSR count). The maximum absolute atomic E-state index is 10.7. The third-order valence-corrected chi connectivity index (χ3v) is 4.46. The molecule has 1 heterocycles. The fourth-order valence-electron chi connectivity index (χ4n) is 3.17. The standard InChI is InChI=1S/C16H26O2/c1-15(2,3)13-6-4-9-16(17,10-8-13)12-14-7-5-11-18-14/h5,7,11,13,17H,4,6,8-10,12H2,1-3H3. The molecule has 1 fully saturated rings. The molecule has 0 bridgehead atoms. The number of hydrogen-bond acceptors (Lipinski definition) is 2. The highest BCUT2D eigenvalue weighted by Gasteiger charge is 2.35. The summed E-state index contributed by atoms with van der Waals surface area (Å²) in [5, 5.41) is 10.7. The zero-order valence-electron chi connectivity index (χ0n) is 11.9. The molecule has 2 heteroatoms. The largest absolute Gasteiger partial charge is 0.469 e. The molecule has 0 radical (unpaired) electrons. The van der Waals surface area contributed by atoms with Crippen LogP contribution in [0.25, 0.3) is 0 Å². The van der Waals surface area contributed by atoms with Gasteiger partial charge in [0.25, 0.3) is 0 Å². The first kappa shape index (κ1) is 13.7. The highest BCUT2D eigenvalue weighted by atomic mass is 16.3. The first-order valence-electron chi connectivity index (χ1n) is 7.14. The normalized spacial score (nSPS) is 30.1. The summed E-state index contributed by atoms with van der Waals surface area (Å²) < 4.78 is 5.38. The maximum Gasteiger partial charge on any atom is 0.106 e. The van der Waals surface area contributed by atoms with E-state index in [1.165, 1.54) is 6.42 Å². The van der Waals surface area contributed by atoms with Crippen LogP contribution in [0.3, 0.4) is 0 Å². The van der Waals surface area contributed by atoms with E-state index in [1.54, 1.807) is 6.26 Å². The molecule has 0 aliphatic heterocycles. The Morgan fingerprint density at radius 2 is 2.11 bits per heavy atom. The molecule has 0 aromatic carbocycles. The van der Waals surface area contributed by atoms with E-state index < -0.39 is 5.60 Å². The summed E-state index contributed by atoms with van der Waals surface area (Å²) in [4.78, 5) is 0. The van der Waals surface area contributed by atoms with E-state index in [9.17, 15) is 5.11 Å². The summed E-state index contributed by atoms with van der Waals surface area (Å²) in [7, 11) is 0. The van der Waals surface area contributed by atoms with Crippen molar-refractivity contribution in [3.63, 3.8) is 0 Å². The van der Waals surface area contributed by atoms with Crippen LogP contribution in [0.5, 0.6) is 0 Å². The van der Waals surface area contributed by atoms with Crippen LogP contribution in [0.4, 0.5) is 0 Å². The summed E-state index contributed by atoms with van der Waals surface area (Å²) in [5.74, 6) is 1.63. The lowest BCUT2D eigenvalue weighted by Crippen LogP contribution is -2.31. The highest BCUT2D eigenvalue weighted by Crippen LogP contribution is 2.40. The molecule has 102 valence electrons. The van der Waals surface area contributed by atoms with Gasteiger partial charge in [-0.2, -0.15) is 0 Å². The van der Waals surface area contributed by atoms with Gasteiger partial charge in [-0.25, -0.2) is 0 Å². The van der Waals surface area contributed by atoms with Crippen molar-refractivity contribution in [2.24, 2.45) is 11.3 Å². The summed E-state index contributed by atoms with van der Waals surface area (Å²) in [6.45, 7) is 6.94. The Hall–Kier alpha value is -0.760. The van der Waals surface area contributed by atoms with Crippen molar-refractivity contribution in [1.82, 2.24) is 0 Å². The second kappa shape index (κ2) is 5.08. The minimum absolute atomic E-state index is 0.357. The van der Waals surface area contributed by atoms with Crippen molar-refractivity contribution < 1.29 is 9.52 Å². The van der Waals surface area contributed by atoms with E-state index in [2.05, 4.69) is 20.8 Å². The van der Waals surface area contributed by atoms with E-state index >= 15 is 0 Å². The van der Waals surface area contributed by atoms with Gasteiger partial charge in [0.1, 0.15) is 5.76 Å². The predicted molar refractivity (Wildman–Crippen MR) is 73.4 cm³/mol. The molecular weight excluding hydrogens is 224 g/mol. The highest BCUT2D eigenvalue weighted by molar-refractivity contribution is 5.03. The Labute approximate surface area is 110 Å². The lowest BCUT2D eigenvalue weighted by atomic mass is 9.76. The van der Waals surface area contributed by atoms with Crippen molar-refractivity contribution in [3.05, 3.63) is 24.2 Å². The Balaban J connectivity index is 1.99. The smallest absolute Gasteiger partial charge is 0.106 e. The van der Waals surface area contributed by atoms with Crippen molar-refractivity contribution in [1.29, 1.82) is 0 Å². The molecule has 1 N–H and O–H groups in total. The summed E-state index contributed by atoms with van der Waals surface area (Å²) in [5.41, 5.74) is -0.201. The quantitative estimate of drug-likeness (QED) is 0.799. The summed E-state index contributed by atoms with van der Waals surface area (Å²) >= 11 is 0. The number of hydrogen-bond donors (Lipinski definition) is 1. The molecule has 2 unspecified atom stereocenters. The van der Waals surface area contributed by atoms with Crippen LogP contribution in [0, 0.1) is 11.3 Å². The molecule has 1 saturated carbocycles. The van der Waals surface area contributed by atoms with Gasteiger partial charge in [0.15, 0.2) is 0 Å². The van der Waals surface area contributed by atoms with Crippen LogP contribution in [0.15, 0.2) is 22.8 Å². The first-order chi connectivity index (χ1) is 8.39. The minimum Gasteiger partial charge on any atom is -0.469 e. The van der Waals surface area contributed by atoms with Crippen molar-refractivity contribution in [2.75, 3.05) is 0 Å². The number of rotatable bonds is 2. The fraction of sp³-hybridized carbons (Fsp3) is 0.750. The summed E-state index contributed by atoms with van der Waals surface area (Å²) in [6.07, 6.45) is 7.64. The van der Waals surface area contributed by atoms with Gasteiger partial charge in [-0.1, -0.05) is 27.2 Å². The van der Waals surface area contributed by atoms with Gasteiger partial charge in [0.05, 0.1) is 11.9 Å². The van der Waals surface area contributed by atoms with E-state index in [0.717, 1.165) is 37.4 Å². The van der Waals surface area contributed by atoms with E-state index in [1.807, 2.05) is 12.1 Å². The van der Waals surface area contributed by atoms with Crippen LogP contribution in [-0.4, -0.2) is 10.7 Å². The van der Waals surface area contributed by atoms with Gasteiger partial charge >= 0.3 is 0 Å². The van der Waals surface area contributed by atoms with Gasteiger partial charge in [0.2, 0.25) is 0 Å². The third kappa shape index (κ3) is 3.38. The van der Waals surface area contributed by atoms with E-state index in [0.29, 0.717) is 11.8 Å². The Bertz CT molecular complexity index is 361. The molecule has 1 aromatic rings. The topological polar surface area (TPSA) is 33.4 Å². The molecule has 0 amide bonds. The predicted octanol–water partition coefficient (Wildman–Crippen LogP) is 4.18. The average molecular weight is 250 g/mol. The molecule has 2 atom stereocenters. The fourth-order valence-corrected chi connectivity index (χ4v) is 3.17. The molecule has 0 spiro atoms. The molecule has 0 saturated heterocycles. The Morgan fingerprint density at radius 3 is 2.72 bits per heavy atom. The number of aliphatic hydroxyl groups is 1. The molecular formula is C16H26O2. The van der Waals surface area contributed by atoms with Gasteiger partial charge in [-0.15, -0.1) is 0 Å². The lowest BCUT2D eigenvalue weighted by Gasteiger charge is -2.30. The van der Waals surface area contributed by atoms with Gasteiger partial charge in [-0.3, -0.25) is 0 Å². The van der Waals surface area contributed by atoms with Crippen LogP contribution in [0.2, 0.25) is 0 Å². The zero-order valence-corrected chi connectivity index (χ0v) is 11.9. The summed E-state index contributed by atoms with van der Waals surface area (Å²) in [6, 6.07) is 3.86. The van der Waals surface area contributed by atoms with Crippen molar-refractivity contribution in [2.45, 2.75) is 64.9 Å². The van der Waals surface area contributed by atoms with Gasteiger partial charge in [0, 0.05) is 6.42 Å². The Kier molecular flexibility index (Phi) is 3.86. The van der Waals surface area contributed by atoms with Crippen molar-refractivity contribution in [3.8, 4) is 0 Å². The molecule has 1 aliphatic carbocycles. The van der Waals surface area contributed by atoms with E-state index in [-0.39, 0.29) is 0 Å². The second-order valence-corrected chi connectivity index (χ2v) is 6.97. The van der Waals surface area contributed by atoms with Gasteiger partial charge < -0.3 is 9.52 Å². The third-order valence-electron chi connectivity index (χ3n) is 4.46. The first-order valence-corrected chi connectivity index (χ1v) is 7.14. The van der Waals surface area contributed by atoms with Crippen LogP contribution >= 0.6 is 0 Å². The van der Waals surface area contributed by atoms with Crippen LogP contribution in [0.1, 0.15) is 58.6 Å². The molecule has 2 nitrogen and oxygen atoms in total. The number of furan rings is 1. The Morgan fingerprint density at radius 1 is 1.33 bits per heavy atom.